The summed E-state index contributed by atoms with van der Waals surface area (Å²) in [7, 11) is -3.86. The van der Waals surface area contributed by atoms with Crippen LogP contribution in [0.25, 0.3) is 0 Å². The van der Waals surface area contributed by atoms with E-state index in [4.69, 9.17) is 0 Å². The Morgan fingerprint density at radius 1 is 0.694 bits per heavy atom. The van der Waals surface area contributed by atoms with Gasteiger partial charge in [-0.25, -0.2) is 8.42 Å². The quantitative estimate of drug-likeness (QED) is 0.338. The van der Waals surface area contributed by atoms with Crippen LogP contribution in [0.15, 0.2) is 30.3 Å². The molecule has 0 aliphatic rings. The molecule has 0 atom stereocenters. The first kappa shape index (κ1) is 32.9. The van der Waals surface area contributed by atoms with Crippen LogP contribution in [-0.4, -0.2) is 43.9 Å². The van der Waals surface area contributed by atoms with Crippen LogP contribution in [0.5, 0.6) is 0 Å². The second kappa shape index (κ2) is 13.6. The van der Waals surface area contributed by atoms with Gasteiger partial charge >= 0.3 is 0 Å². The van der Waals surface area contributed by atoms with Gasteiger partial charge in [0, 0.05) is 29.6 Å². The summed E-state index contributed by atoms with van der Waals surface area (Å²) in [5.41, 5.74) is 7.26. The molecule has 0 unspecified atom stereocenters. The summed E-state index contributed by atoms with van der Waals surface area (Å²) in [4.78, 5) is 13.1. The van der Waals surface area contributed by atoms with Crippen LogP contribution in [-0.2, 0) is 27.0 Å². The standard InChI is InChI=1S/C30H45NO3S.Na/c1-18(2)23-14-26(21(7)8)29(27(15-23)22(9)10)17-35(33,34)31-30(32)16-28-24(19(3)4)12-11-13-25(28)20(5)6;/h11-15,18-22H,16-17H2,1-10H3,(H,31,32);. The molecule has 2 aromatic rings. The first-order chi connectivity index (χ1) is 16.1. The molecule has 36 heavy (non-hydrogen) atoms. The van der Waals surface area contributed by atoms with Crippen LogP contribution in [0.1, 0.15) is 138 Å². The van der Waals surface area contributed by atoms with Crippen molar-refractivity contribution in [3.8, 4) is 0 Å². The third-order valence-electron chi connectivity index (χ3n) is 6.69. The average Bonchev–Trinajstić information content (AvgIpc) is 2.72. The molecule has 0 heterocycles. The molecular formula is C30H45NNaO3S. The van der Waals surface area contributed by atoms with Crippen molar-refractivity contribution in [2.24, 2.45) is 0 Å². The Morgan fingerprint density at radius 2 is 1.11 bits per heavy atom. The topological polar surface area (TPSA) is 63.2 Å². The van der Waals surface area contributed by atoms with Crippen molar-refractivity contribution in [1.29, 1.82) is 0 Å². The molecule has 1 radical (unpaired) electrons. The van der Waals surface area contributed by atoms with Crippen LogP contribution in [0.3, 0.4) is 0 Å². The van der Waals surface area contributed by atoms with Crippen LogP contribution in [0, 0.1) is 0 Å². The number of rotatable bonds is 10. The SMILES string of the molecule is CC(C)c1cc(C(C)C)c(CS(=O)(=O)NC(=O)Cc2c(C(C)C)cccc2C(C)C)c(C(C)C)c1.[Na]. The normalized spacial score (nSPS) is 12.1. The van der Waals surface area contributed by atoms with E-state index in [1.165, 1.54) is 5.56 Å². The van der Waals surface area contributed by atoms with E-state index in [9.17, 15) is 13.2 Å². The molecule has 4 nitrogen and oxygen atoms in total. The minimum absolute atomic E-state index is 0. The average molecular weight is 523 g/mol. The fourth-order valence-electron chi connectivity index (χ4n) is 4.78. The number of amides is 1. The summed E-state index contributed by atoms with van der Waals surface area (Å²) in [6, 6.07) is 10.4. The monoisotopic (exact) mass is 522 g/mol. The zero-order valence-corrected chi connectivity index (χ0v) is 27.1. The van der Waals surface area contributed by atoms with Gasteiger partial charge in [-0.3, -0.25) is 9.52 Å². The molecule has 0 bridgehead atoms. The Kier molecular flexibility index (Phi) is 12.4. The minimum atomic E-state index is -3.86. The molecular weight excluding hydrogens is 477 g/mol. The Labute approximate surface area is 242 Å². The molecule has 0 aliphatic carbocycles. The molecule has 0 fully saturated rings. The van der Waals surface area contributed by atoms with Gasteiger partial charge in [0.2, 0.25) is 15.9 Å². The van der Waals surface area contributed by atoms with Crippen molar-refractivity contribution in [2.45, 2.75) is 111 Å². The van der Waals surface area contributed by atoms with E-state index in [1.807, 2.05) is 18.2 Å². The summed E-state index contributed by atoms with van der Waals surface area (Å²) in [6.45, 7) is 21.1. The number of hydrogen-bond donors (Lipinski definition) is 1. The molecule has 6 heteroatoms. The maximum absolute atomic E-state index is 13.3. The molecule has 0 aliphatic heterocycles. The Morgan fingerprint density at radius 3 is 1.47 bits per heavy atom. The largest absolute Gasteiger partial charge is 0.274 e. The number of carbonyl (C=O) groups excluding carboxylic acids is 1. The number of benzene rings is 2. The molecule has 0 saturated heterocycles. The Bertz CT molecular complexity index is 1090. The number of nitrogens with one attached hydrogen (secondary N) is 1. The number of sulfonamides is 1. The molecule has 0 saturated carbocycles. The molecule has 0 spiro atoms. The Hall–Kier alpha value is -1.14. The van der Waals surface area contributed by atoms with Gasteiger partial charge in [-0.2, -0.15) is 0 Å². The van der Waals surface area contributed by atoms with E-state index in [0.717, 1.165) is 33.4 Å². The number of hydrogen-bond acceptors (Lipinski definition) is 3. The second-order valence-corrected chi connectivity index (χ2v) is 13.0. The fraction of sp³-hybridized carbons (Fsp3) is 0.567. The van der Waals surface area contributed by atoms with Crippen LogP contribution >= 0.6 is 0 Å². The van der Waals surface area contributed by atoms with E-state index in [-0.39, 0.29) is 65.4 Å². The van der Waals surface area contributed by atoms with Crippen molar-refractivity contribution in [1.82, 2.24) is 4.72 Å². The summed E-state index contributed by atoms with van der Waals surface area (Å²) in [5.74, 6) is 0.533. The summed E-state index contributed by atoms with van der Waals surface area (Å²) in [5, 5.41) is 0. The molecule has 2 aromatic carbocycles. The minimum Gasteiger partial charge on any atom is -0.274 e. The number of carbonyl (C=O) groups is 1. The van der Waals surface area contributed by atoms with Crippen molar-refractivity contribution >= 4 is 45.5 Å². The van der Waals surface area contributed by atoms with Gasteiger partial charge in [0.05, 0.1) is 12.2 Å². The van der Waals surface area contributed by atoms with Gasteiger partial charge in [0.15, 0.2) is 0 Å². The maximum atomic E-state index is 13.3. The molecule has 0 aromatic heterocycles. The van der Waals surface area contributed by atoms with Crippen molar-refractivity contribution in [3.05, 3.63) is 69.3 Å². The van der Waals surface area contributed by atoms with E-state index < -0.39 is 15.9 Å². The second-order valence-electron chi connectivity index (χ2n) is 11.3. The van der Waals surface area contributed by atoms with Gasteiger partial charge in [-0.05, 0) is 68.5 Å². The predicted molar refractivity (Wildman–Crippen MR) is 154 cm³/mol. The van der Waals surface area contributed by atoms with Crippen LogP contribution in [0.2, 0.25) is 0 Å². The van der Waals surface area contributed by atoms with Gasteiger partial charge in [-0.15, -0.1) is 0 Å². The zero-order chi connectivity index (χ0) is 26.7. The van der Waals surface area contributed by atoms with Gasteiger partial charge in [0.25, 0.3) is 0 Å². The van der Waals surface area contributed by atoms with Crippen molar-refractivity contribution < 1.29 is 13.2 Å². The summed E-state index contributed by atoms with van der Waals surface area (Å²) in [6.07, 6.45) is 0.0570. The Balaban J connectivity index is 0.00000648. The molecule has 1 N–H and O–H groups in total. The maximum Gasteiger partial charge on any atom is 0.239 e. The van der Waals surface area contributed by atoms with Crippen LogP contribution < -0.4 is 4.72 Å². The summed E-state index contributed by atoms with van der Waals surface area (Å²) >= 11 is 0. The first-order valence-electron chi connectivity index (χ1n) is 13.0. The predicted octanol–water partition coefficient (Wildman–Crippen LogP) is 7.11. The first-order valence-corrected chi connectivity index (χ1v) is 14.6. The van der Waals surface area contributed by atoms with Gasteiger partial charge in [-0.1, -0.05) is 99.6 Å². The van der Waals surface area contributed by atoms with E-state index in [2.05, 4.69) is 86.1 Å². The molecule has 195 valence electrons. The van der Waals surface area contributed by atoms with Crippen LogP contribution in [0.4, 0.5) is 0 Å². The van der Waals surface area contributed by atoms with Gasteiger partial charge in [0.1, 0.15) is 0 Å². The van der Waals surface area contributed by atoms with Crippen molar-refractivity contribution in [2.75, 3.05) is 0 Å². The third-order valence-corrected chi connectivity index (χ3v) is 7.89. The molecule has 1 amide bonds. The summed E-state index contributed by atoms with van der Waals surface area (Å²) < 4.78 is 28.9. The van der Waals surface area contributed by atoms with Gasteiger partial charge < -0.3 is 0 Å². The van der Waals surface area contributed by atoms with E-state index >= 15 is 0 Å². The smallest absolute Gasteiger partial charge is 0.239 e. The van der Waals surface area contributed by atoms with E-state index in [1.54, 1.807) is 0 Å². The third kappa shape index (κ3) is 8.44. The molecule has 2 rings (SSSR count). The zero-order valence-electron chi connectivity index (χ0n) is 24.3. The van der Waals surface area contributed by atoms with Crippen molar-refractivity contribution in [3.63, 3.8) is 0 Å². The fourth-order valence-corrected chi connectivity index (χ4v) is 5.98. The van der Waals surface area contributed by atoms with E-state index in [0.29, 0.717) is 5.92 Å².